The van der Waals surface area contributed by atoms with Crippen LogP contribution >= 0.6 is 15.9 Å². The molecule has 0 fully saturated rings. The van der Waals surface area contributed by atoms with E-state index in [0.717, 1.165) is 4.31 Å². The maximum absolute atomic E-state index is 12.5. The molecule has 0 aliphatic heterocycles. The molecule has 0 atom stereocenters. The van der Waals surface area contributed by atoms with E-state index in [1.165, 1.54) is 45.5 Å². The number of nitrogens with one attached hydrogen (secondary N) is 1. The van der Waals surface area contributed by atoms with Crippen molar-refractivity contribution < 1.29 is 21.6 Å². The van der Waals surface area contributed by atoms with Gasteiger partial charge in [0.05, 0.1) is 21.4 Å². The molecule has 0 radical (unpaired) electrons. The molecule has 142 valence electrons. The molecular formula is C16H19BrN2O5S2. The molecule has 0 aliphatic carbocycles. The molecule has 26 heavy (non-hydrogen) atoms. The smallest absolute Gasteiger partial charge is 0.242 e. The molecule has 0 amide bonds. The van der Waals surface area contributed by atoms with E-state index < -0.39 is 20.0 Å². The number of ether oxygens (including phenoxy) is 1. The van der Waals surface area contributed by atoms with Gasteiger partial charge < -0.3 is 4.74 Å². The average Bonchev–Trinajstić information content (AvgIpc) is 2.60. The number of methoxy groups -OCH3 is 1. The number of sulfonamides is 2. The summed E-state index contributed by atoms with van der Waals surface area (Å²) < 4.78 is 58.9. The first-order valence-corrected chi connectivity index (χ1v) is 11.1. The fourth-order valence-corrected chi connectivity index (χ4v) is 5.01. The van der Waals surface area contributed by atoms with E-state index in [0.29, 0.717) is 15.8 Å². The lowest BCUT2D eigenvalue weighted by Gasteiger charge is -2.15. The molecule has 0 saturated carbocycles. The van der Waals surface area contributed by atoms with Crippen LogP contribution in [0.2, 0.25) is 0 Å². The second kappa shape index (κ2) is 8.05. The molecule has 0 aliphatic rings. The fraction of sp³-hybridized carbons (Fsp3) is 0.250. The van der Waals surface area contributed by atoms with Gasteiger partial charge in [-0.1, -0.05) is 18.2 Å². The highest BCUT2D eigenvalue weighted by molar-refractivity contribution is 9.10. The van der Waals surface area contributed by atoms with Crippen LogP contribution in [-0.2, 0) is 26.6 Å². The molecule has 0 heterocycles. The lowest BCUT2D eigenvalue weighted by Crippen LogP contribution is -2.27. The van der Waals surface area contributed by atoms with Gasteiger partial charge in [0.25, 0.3) is 0 Å². The Bertz CT molecular complexity index is 1010. The summed E-state index contributed by atoms with van der Waals surface area (Å²) in [6, 6.07) is 10.6. The van der Waals surface area contributed by atoms with Crippen molar-refractivity contribution in [3.8, 4) is 5.75 Å². The first kappa shape index (κ1) is 20.8. The van der Waals surface area contributed by atoms with Gasteiger partial charge in [0.2, 0.25) is 20.0 Å². The number of nitrogens with zero attached hydrogens (tertiary/aromatic N) is 1. The topological polar surface area (TPSA) is 92.8 Å². The van der Waals surface area contributed by atoms with Gasteiger partial charge in [-0.2, -0.15) is 0 Å². The molecule has 0 bridgehead atoms. The highest BCUT2D eigenvalue weighted by atomic mass is 79.9. The zero-order valence-electron chi connectivity index (χ0n) is 14.4. The van der Waals surface area contributed by atoms with Gasteiger partial charge >= 0.3 is 0 Å². The summed E-state index contributed by atoms with van der Waals surface area (Å²) in [6.45, 7) is -0.158. The third-order valence-electron chi connectivity index (χ3n) is 3.62. The van der Waals surface area contributed by atoms with E-state index in [9.17, 15) is 16.8 Å². The van der Waals surface area contributed by atoms with Gasteiger partial charge in [-0.25, -0.2) is 25.9 Å². The SMILES string of the molecule is COc1ccc(S(=O)(=O)NCc2ccccc2S(=O)(=O)N(C)C)cc1Br. The molecule has 2 aromatic carbocycles. The molecule has 0 unspecified atom stereocenters. The Kier molecular flexibility index (Phi) is 6.46. The second-order valence-corrected chi connectivity index (χ2v) is 10.3. The van der Waals surface area contributed by atoms with Gasteiger partial charge in [0.1, 0.15) is 5.75 Å². The minimum atomic E-state index is -3.83. The van der Waals surface area contributed by atoms with E-state index in [4.69, 9.17) is 4.74 Å². The van der Waals surface area contributed by atoms with Crippen molar-refractivity contribution in [2.24, 2.45) is 0 Å². The second-order valence-electron chi connectivity index (χ2n) is 5.52. The van der Waals surface area contributed by atoms with Gasteiger partial charge in [0.15, 0.2) is 0 Å². The molecule has 0 spiro atoms. The van der Waals surface area contributed by atoms with Crippen molar-refractivity contribution in [1.29, 1.82) is 0 Å². The van der Waals surface area contributed by atoms with Gasteiger partial charge in [-0.05, 0) is 45.8 Å². The van der Waals surface area contributed by atoms with Gasteiger partial charge in [0, 0.05) is 20.6 Å². The summed E-state index contributed by atoms with van der Waals surface area (Å²) in [4.78, 5) is 0.0988. The van der Waals surface area contributed by atoms with E-state index in [1.807, 2.05) is 0 Å². The molecular weight excluding hydrogens is 444 g/mol. The van der Waals surface area contributed by atoms with Crippen molar-refractivity contribution in [1.82, 2.24) is 9.03 Å². The fourth-order valence-electron chi connectivity index (χ4n) is 2.17. The summed E-state index contributed by atoms with van der Waals surface area (Å²) in [6.07, 6.45) is 0. The van der Waals surface area contributed by atoms with Crippen LogP contribution in [0.5, 0.6) is 5.75 Å². The molecule has 10 heteroatoms. The standard InChI is InChI=1S/C16H19BrN2O5S2/c1-19(2)26(22,23)16-7-5-4-6-12(16)11-18-25(20,21)13-8-9-15(24-3)14(17)10-13/h4-10,18H,11H2,1-3H3. The third kappa shape index (κ3) is 4.44. The van der Waals surface area contributed by atoms with Crippen LogP contribution in [-0.4, -0.2) is 42.3 Å². The summed E-state index contributed by atoms with van der Waals surface area (Å²) in [5.74, 6) is 0.506. The maximum Gasteiger partial charge on any atom is 0.242 e. The Morgan fingerprint density at radius 3 is 2.31 bits per heavy atom. The van der Waals surface area contributed by atoms with Gasteiger partial charge in [-0.15, -0.1) is 0 Å². The largest absolute Gasteiger partial charge is 0.496 e. The van der Waals surface area contributed by atoms with Crippen molar-refractivity contribution in [3.05, 3.63) is 52.5 Å². The Hall–Kier alpha value is -1.46. The highest BCUT2D eigenvalue weighted by Crippen LogP contribution is 2.27. The minimum Gasteiger partial charge on any atom is -0.496 e. The molecule has 1 N–H and O–H groups in total. The Balaban J connectivity index is 2.30. The summed E-state index contributed by atoms with van der Waals surface area (Å²) in [5.41, 5.74) is 0.359. The van der Waals surface area contributed by atoms with Gasteiger partial charge in [-0.3, -0.25) is 0 Å². The monoisotopic (exact) mass is 462 g/mol. The molecule has 7 nitrogen and oxygen atoms in total. The van der Waals surface area contributed by atoms with Crippen LogP contribution in [0.1, 0.15) is 5.56 Å². The molecule has 2 aromatic rings. The van der Waals surface area contributed by atoms with E-state index in [-0.39, 0.29) is 16.3 Å². The number of hydrogen-bond donors (Lipinski definition) is 1. The lowest BCUT2D eigenvalue weighted by atomic mass is 10.2. The molecule has 2 rings (SSSR count). The predicted octanol–water partition coefficient (Wildman–Crippen LogP) is 2.19. The summed E-state index contributed by atoms with van der Waals surface area (Å²) in [5, 5.41) is 0. The van der Waals surface area contributed by atoms with E-state index in [2.05, 4.69) is 20.7 Å². The first-order chi connectivity index (χ1) is 12.1. The quantitative estimate of drug-likeness (QED) is 0.680. The number of hydrogen-bond acceptors (Lipinski definition) is 5. The number of rotatable bonds is 7. The maximum atomic E-state index is 12.5. The molecule has 0 saturated heterocycles. The van der Waals surface area contributed by atoms with Crippen molar-refractivity contribution >= 4 is 36.0 Å². The highest BCUT2D eigenvalue weighted by Gasteiger charge is 2.22. The summed E-state index contributed by atoms with van der Waals surface area (Å²) in [7, 11) is -3.19. The first-order valence-electron chi connectivity index (χ1n) is 7.43. The average molecular weight is 463 g/mol. The third-order valence-corrected chi connectivity index (χ3v) is 7.55. The number of benzene rings is 2. The summed E-state index contributed by atoms with van der Waals surface area (Å²) >= 11 is 3.25. The van der Waals surface area contributed by atoms with Crippen molar-refractivity contribution in [3.63, 3.8) is 0 Å². The van der Waals surface area contributed by atoms with Crippen LogP contribution < -0.4 is 9.46 Å². The van der Waals surface area contributed by atoms with Crippen LogP contribution in [0.3, 0.4) is 0 Å². The Labute approximate surface area is 162 Å². The van der Waals surface area contributed by atoms with E-state index in [1.54, 1.807) is 18.2 Å². The zero-order valence-corrected chi connectivity index (χ0v) is 17.7. The van der Waals surface area contributed by atoms with Crippen LogP contribution in [0, 0.1) is 0 Å². The van der Waals surface area contributed by atoms with Crippen molar-refractivity contribution in [2.75, 3.05) is 21.2 Å². The molecule has 0 aromatic heterocycles. The van der Waals surface area contributed by atoms with E-state index >= 15 is 0 Å². The predicted molar refractivity (Wildman–Crippen MR) is 102 cm³/mol. The van der Waals surface area contributed by atoms with Crippen molar-refractivity contribution in [2.45, 2.75) is 16.3 Å². The zero-order chi connectivity index (χ0) is 19.5. The van der Waals surface area contributed by atoms with Crippen LogP contribution in [0.15, 0.2) is 56.7 Å². The van der Waals surface area contributed by atoms with Crippen LogP contribution in [0.4, 0.5) is 0 Å². The normalized spacial score (nSPS) is 12.3. The Morgan fingerprint density at radius 1 is 1.08 bits per heavy atom. The minimum absolute atomic E-state index is 0.0399. The van der Waals surface area contributed by atoms with Crippen LogP contribution in [0.25, 0.3) is 0 Å². The lowest BCUT2D eigenvalue weighted by molar-refractivity contribution is 0.411. The Morgan fingerprint density at radius 2 is 1.73 bits per heavy atom. The number of halogens is 1.